The van der Waals surface area contributed by atoms with Crippen LogP contribution in [0.1, 0.15) is 51.7 Å². The summed E-state index contributed by atoms with van der Waals surface area (Å²) < 4.78 is 10.5. The predicted octanol–water partition coefficient (Wildman–Crippen LogP) is 4.43. The second-order valence-corrected chi connectivity index (χ2v) is 6.75. The first-order valence-electron chi connectivity index (χ1n) is 9.80. The van der Waals surface area contributed by atoms with E-state index in [-0.39, 0.29) is 31.8 Å². The number of para-hydroxylation sites is 1. The SMILES string of the molecule is CCOC(=O)c1c(COC(=O)CCC(=O)c2ccccc2)nc2ccccc2c1C. The molecular weight excluding hydrogens is 382 g/mol. The van der Waals surface area contributed by atoms with E-state index in [0.29, 0.717) is 22.3 Å². The third-order valence-corrected chi connectivity index (χ3v) is 4.73. The zero-order valence-electron chi connectivity index (χ0n) is 17.0. The normalized spacial score (nSPS) is 10.6. The number of aromatic nitrogens is 1. The minimum absolute atomic E-state index is 0.0466. The zero-order valence-corrected chi connectivity index (χ0v) is 17.0. The van der Waals surface area contributed by atoms with Gasteiger partial charge < -0.3 is 9.47 Å². The molecule has 0 unspecified atom stereocenters. The van der Waals surface area contributed by atoms with Crippen LogP contribution in [-0.4, -0.2) is 29.3 Å². The average Bonchev–Trinajstić information content (AvgIpc) is 2.76. The molecule has 2 aromatic carbocycles. The van der Waals surface area contributed by atoms with Crippen LogP contribution in [0.2, 0.25) is 0 Å². The molecule has 0 bridgehead atoms. The number of carbonyl (C=O) groups is 3. The standard InChI is InChI=1S/C24H23NO5/c1-3-29-24(28)23-16(2)18-11-7-8-12-19(18)25-20(23)15-30-22(27)14-13-21(26)17-9-5-4-6-10-17/h4-12H,3,13-15H2,1-2H3. The fourth-order valence-corrected chi connectivity index (χ4v) is 3.22. The fourth-order valence-electron chi connectivity index (χ4n) is 3.22. The van der Waals surface area contributed by atoms with Crippen molar-refractivity contribution in [2.45, 2.75) is 33.3 Å². The predicted molar refractivity (Wildman–Crippen MR) is 112 cm³/mol. The van der Waals surface area contributed by atoms with Crippen LogP contribution in [0.25, 0.3) is 10.9 Å². The first-order valence-corrected chi connectivity index (χ1v) is 9.80. The van der Waals surface area contributed by atoms with Crippen molar-refractivity contribution in [1.82, 2.24) is 4.98 Å². The Labute approximate surface area is 174 Å². The zero-order chi connectivity index (χ0) is 21.5. The van der Waals surface area contributed by atoms with Gasteiger partial charge in [-0.05, 0) is 25.5 Å². The smallest absolute Gasteiger partial charge is 0.340 e. The van der Waals surface area contributed by atoms with Crippen molar-refractivity contribution in [3.63, 3.8) is 0 Å². The molecule has 0 saturated carbocycles. The van der Waals surface area contributed by atoms with E-state index in [1.54, 1.807) is 31.2 Å². The van der Waals surface area contributed by atoms with Crippen molar-refractivity contribution in [3.05, 3.63) is 77.0 Å². The van der Waals surface area contributed by atoms with Crippen molar-refractivity contribution in [2.24, 2.45) is 0 Å². The number of pyridine rings is 1. The molecule has 3 rings (SSSR count). The van der Waals surface area contributed by atoms with Crippen molar-refractivity contribution >= 4 is 28.6 Å². The third-order valence-electron chi connectivity index (χ3n) is 4.73. The van der Waals surface area contributed by atoms with E-state index < -0.39 is 11.9 Å². The van der Waals surface area contributed by atoms with Gasteiger partial charge in [-0.1, -0.05) is 48.5 Å². The molecule has 0 radical (unpaired) electrons. The number of rotatable bonds is 8. The second-order valence-electron chi connectivity index (χ2n) is 6.75. The maximum Gasteiger partial charge on any atom is 0.340 e. The van der Waals surface area contributed by atoms with Crippen LogP contribution in [0.5, 0.6) is 0 Å². The topological polar surface area (TPSA) is 82.6 Å². The number of ether oxygens (including phenoxy) is 2. The Morgan fingerprint density at radius 2 is 1.60 bits per heavy atom. The number of nitrogens with zero attached hydrogens (tertiary/aromatic N) is 1. The number of fused-ring (bicyclic) bond motifs is 1. The van der Waals surface area contributed by atoms with Gasteiger partial charge in [-0.2, -0.15) is 0 Å². The Morgan fingerprint density at radius 3 is 2.33 bits per heavy atom. The number of Topliss-reactive ketones (excluding diaryl/α,β-unsaturated/α-hetero) is 1. The maximum absolute atomic E-state index is 12.5. The molecule has 3 aromatic rings. The lowest BCUT2D eigenvalue weighted by Crippen LogP contribution is -2.15. The highest BCUT2D eigenvalue weighted by Gasteiger charge is 2.21. The largest absolute Gasteiger partial charge is 0.462 e. The highest BCUT2D eigenvalue weighted by molar-refractivity contribution is 5.99. The van der Waals surface area contributed by atoms with E-state index >= 15 is 0 Å². The van der Waals surface area contributed by atoms with Crippen LogP contribution in [0, 0.1) is 6.92 Å². The fraction of sp³-hybridized carbons (Fsp3) is 0.250. The van der Waals surface area contributed by atoms with Gasteiger partial charge in [0.1, 0.15) is 6.61 Å². The number of aryl methyl sites for hydroxylation is 1. The van der Waals surface area contributed by atoms with Gasteiger partial charge in [0, 0.05) is 17.4 Å². The number of esters is 2. The number of ketones is 1. The van der Waals surface area contributed by atoms with Gasteiger partial charge >= 0.3 is 11.9 Å². The first-order chi connectivity index (χ1) is 14.5. The summed E-state index contributed by atoms with van der Waals surface area (Å²) in [5.41, 5.74) is 2.63. The number of benzene rings is 2. The molecule has 1 heterocycles. The van der Waals surface area contributed by atoms with Gasteiger partial charge in [0.2, 0.25) is 0 Å². The van der Waals surface area contributed by atoms with E-state index in [4.69, 9.17) is 9.47 Å². The summed E-state index contributed by atoms with van der Waals surface area (Å²) in [6.07, 6.45) is 0.00673. The van der Waals surface area contributed by atoms with Gasteiger partial charge in [-0.25, -0.2) is 9.78 Å². The molecule has 6 nitrogen and oxygen atoms in total. The van der Waals surface area contributed by atoms with Crippen LogP contribution in [0.4, 0.5) is 0 Å². The van der Waals surface area contributed by atoms with Gasteiger partial charge in [-0.15, -0.1) is 0 Å². The van der Waals surface area contributed by atoms with Crippen LogP contribution >= 0.6 is 0 Å². The minimum atomic E-state index is -0.526. The van der Waals surface area contributed by atoms with Crippen LogP contribution in [-0.2, 0) is 20.9 Å². The van der Waals surface area contributed by atoms with E-state index in [0.717, 1.165) is 10.9 Å². The van der Waals surface area contributed by atoms with Gasteiger partial charge in [0.05, 0.1) is 29.8 Å². The average molecular weight is 405 g/mol. The molecular formula is C24H23NO5. The lowest BCUT2D eigenvalue weighted by Gasteiger charge is -2.14. The van der Waals surface area contributed by atoms with Crippen molar-refractivity contribution in [1.29, 1.82) is 0 Å². The molecule has 1 aromatic heterocycles. The Morgan fingerprint density at radius 1 is 0.900 bits per heavy atom. The summed E-state index contributed by atoms with van der Waals surface area (Å²) in [6.45, 7) is 3.61. The van der Waals surface area contributed by atoms with E-state index in [1.807, 2.05) is 37.3 Å². The quantitative estimate of drug-likeness (QED) is 0.407. The van der Waals surface area contributed by atoms with E-state index in [9.17, 15) is 14.4 Å². The van der Waals surface area contributed by atoms with Crippen LogP contribution in [0.15, 0.2) is 54.6 Å². The molecule has 0 amide bonds. The van der Waals surface area contributed by atoms with Crippen LogP contribution in [0.3, 0.4) is 0 Å². The molecule has 0 saturated heterocycles. The molecule has 154 valence electrons. The third kappa shape index (κ3) is 4.89. The molecule has 0 aliphatic heterocycles. The Hall–Kier alpha value is -3.54. The Bertz CT molecular complexity index is 1080. The summed E-state index contributed by atoms with van der Waals surface area (Å²) in [7, 11) is 0. The van der Waals surface area contributed by atoms with E-state index in [1.165, 1.54) is 0 Å². The Kier molecular flexibility index (Phi) is 6.91. The number of carbonyl (C=O) groups excluding carboxylic acids is 3. The minimum Gasteiger partial charge on any atom is -0.462 e. The molecule has 0 aliphatic carbocycles. The lowest BCUT2D eigenvalue weighted by atomic mass is 10.0. The van der Waals surface area contributed by atoms with E-state index in [2.05, 4.69) is 4.98 Å². The van der Waals surface area contributed by atoms with Crippen molar-refractivity contribution in [3.8, 4) is 0 Å². The summed E-state index contributed by atoms with van der Waals surface area (Å²) in [5, 5.41) is 0.837. The highest BCUT2D eigenvalue weighted by Crippen LogP contribution is 2.24. The molecule has 0 fully saturated rings. The monoisotopic (exact) mass is 405 g/mol. The molecule has 0 N–H and O–H groups in total. The highest BCUT2D eigenvalue weighted by atomic mass is 16.5. The van der Waals surface area contributed by atoms with Gasteiger partial charge in [0.25, 0.3) is 0 Å². The summed E-state index contributed by atoms with van der Waals surface area (Å²) in [5.74, 6) is -1.15. The molecule has 0 spiro atoms. The van der Waals surface area contributed by atoms with Crippen molar-refractivity contribution in [2.75, 3.05) is 6.61 Å². The van der Waals surface area contributed by atoms with Gasteiger partial charge in [0.15, 0.2) is 5.78 Å². The summed E-state index contributed by atoms with van der Waals surface area (Å²) in [4.78, 5) is 41.3. The molecule has 6 heteroatoms. The summed E-state index contributed by atoms with van der Waals surface area (Å²) >= 11 is 0. The first kappa shape index (κ1) is 21.2. The molecule has 0 atom stereocenters. The summed E-state index contributed by atoms with van der Waals surface area (Å²) in [6, 6.07) is 16.2. The Balaban J connectivity index is 1.73. The molecule has 0 aliphatic rings. The lowest BCUT2D eigenvalue weighted by molar-refractivity contribution is -0.145. The maximum atomic E-state index is 12.5. The van der Waals surface area contributed by atoms with Crippen LogP contribution < -0.4 is 0 Å². The second kappa shape index (κ2) is 9.78. The number of hydrogen-bond acceptors (Lipinski definition) is 6. The number of hydrogen-bond donors (Lipinski definition) is 0. The van der Waals surface area contributed by atoms with Crippen molar-refractivity contribution < 1.29 is 23.9 Å². The molecule has 30 heavy (non-hydrogen) atoms. The van der Waals surface area contributed by atoms with Gasteiger partial charge in [-0.3, -0.25) is 9.59 Å².